The molecule has 0 aliphatic rings. The maximum absolute atomic E-state index is 12.7. The lowest BCUT2D eigenvalue weighted by Gasteiger charge is -2.08. The fraction of sp³-hybridized carbons (Fsp3) is 0.217. The Morgan fingerprint density at radius 3 is 2.42 bits per heavy atom. The summed E-state index contributed by atoms with van der Waals surface area (Å²) in [6, 6.07) is 14.8. The Morgan fingerprint density at radius 1 is 1.03 bits per heavy atom. The molecule has 1 amide bonds. The van der Waals surface area contributed by atoms with Crippen molar-refractivity contribution >= 4 is 22.6 Å². The van der Waals surface area contributed by atoms with Crippen molar-refractivity contribution in [2.45, 2.75) is 13.5 Å². The van der Waals surface area contributed by atoms with Gasteiger partial charge in [0.05, 0.1) is 38.2 Å². The fourth-order valence-corrected chi connectivity index (χ4v) is 3.64. The first-order valence-electron chi connectivity index (χ1n) is 9.84. The molecule has 0 spiro atoms. The molecule has 160 valence electrons. The highest BCUT2D eigenvalue weighted by Crippen LogP contribution is 2.33. The van der Waals surface area contributed by atoms with E-state index in [2.05, 4.69) is 39.1 Å². The number of amides is 1. The quantitative estimate of drug-likeness (QED) is 0.464. The lowest BCUT2D eigenvalue weighted by molar-refractivity contribution is 0.102. The molecule has 0 atom stereocenters. The minimum atomic E-state index is -0.312. The Balaban J connectivity index is 1.64. The molecule has 0 radical (unpaired) electrons. The zero-order chi connectivity index (χ0) is 22.0. The van der Waals surface area contributed by atoms with Crippen molar-refractivity contribution in [3.8, 4) is 28.6 Å². The minimum Gasteiger partial charge on any atom is -0.497 e. The lowest BCUT2D eigenvalue weighted by atomic mass is 10.2. The third-order valence-electron chi connectivity index (χ3n) is 5.15. The number of ether oxygens (including phenoxy) is 3. The van der Waals surface area contributed by atoms with E-state index in [1.54, 1.807) is 25.3 Å². The van der Waals surface area contributed by atoms with Crippen LogP contribution in [0, 0.1) is 0 Å². The van der Waals surface area contributed by atoms with Crippen molar-refractivity contribution in [3.63, 3.8) is 0 Å². The molecule has 4 rings (SSSR count). The smallest absolute Gasteiger partial charge is 0.257 e. The monoisotopic (exact) mass is 420 g/mol. The summed E-state index contributed by atoms with van der Waals surface area (Å²) >= 11 is 0. The molecular weight excluding hydrogens is 396 g/mol. The number of carbonyl (C=O) groups is 1. The Hall–Kier alpha value is -3.94. The van der Waals surface area contributed by atoms with E-state index >= 15 is 0 Å². The standard InChI is InChI=1S/C23H24N4O4/c1-5-27-19-7-6-8-21(31-4)17(19)12-20(27)18-13-22(26-25-18)24-23(28)14-9-15(29-2)11-16(10-14)30-3/h6-13H,5H2,1-4H3,(H2,24,25,26,28). The van der Waals surface area contributed by atoms with Gasteiger partial charge in [-0.2, -0.15) is 5.10 Å². The highest BCUT2D eigenvalue weighted by atomic mass is 16.5. The van der Waals surface area contributed by atoms with Gasteiger partial charge in [0.1, 0.15) is 17.2 Å². The number of fused-ring (bicyclic) bond motifs is 1. The number of rotatable bonds is 7. The van der Waals surface area contributed by atoms with Gasteiger partial charge in [0, 0.05) is 29.6 Å². The van der Waals surface area contributed by atoms with Crippen molar-refractivity contribution in [3.05, 3.63) is 54.1 Å². The Kier molecular flexibility index (Phi) is 5.53. The molecule has 4 aromatic rings. The van der Waals surface area contributed by atoms with Crippen molar-refractivity contribution < 1.29 is 19.0 Å². The summed E-state index contributed by atoms with van der Waals surface area (Å²) in [5.74, 6) is 1.99. The number of aryl methyl sites for hydroxylation is 1. The molecule has 0 bridgehead atoms. The number of hydrogen-bond acceptors (Lipinski definition) is 5. The van der Waals surface area contributed by atoms with Crippen LogP contribution in [0.3, 0.4) is 0 Å². The van der Waals surface area contributed by atoms with E-state index in [1.165, 1.54) is 14.2 Å². The zero-order valence-electron chi connectivity index (χ0n) is 17.9. The fourth-order valence-electron chi connectivity index (χ4n) is 3.64. The van der Waals surface area contributed by atoms with Crippen LogP contribution in [0.15, 0.2) is 48.5 Å². The molecule has 0 saturated carbocycles. The number of benzene rings is 2. The number of nitrogens with one attached hydrogen (secondary N) is 2. The average molecular weight is 420 g/mol. The number of aromatic nitrogens is 3. The molecule has 2 aromatic carbocycles. The molecule has 0 aliphatic heterocycles. The maximum atomic E-state index is 12.7. The molecule has 2 heterocycles. The zero-order valence-corrected chi connectivity index (χ0v) is 17.9. The molecule has 2 aromatic heterocycles. The van der Waals surface area contributed by atoms with Crippen molar-refractivity contribution in [1.82, 2.24) is 14.8 Å². The number of anilines is 1. The van der Waals surface area contributed by atoms with Crippen LogP contribution in [0.4, 0.5) is 5.82 Å². The van der Waals surface area contributed by atoms with Crippen molar-refractivity contribution in [1.29, 1.82) is 0 Å². The first-order chi connectivity index (χ1) is 15.1. The number of hydrogen-bond donors (Lipinski definition) is 2. The molecule has 0 unspecified atom stereocenters. The largest absolute Gasteiger partial charge is 0.497 e. The molecule has 31 heavy (non-hydrogen) atoms. The van der Waals surface area contributed by atoms with Crippen molar-refractivity contribution in [2.75, 3.05) is 26.6 Å². The normalized spacial score (nSPS) is 10.8. The van der Waals surface area contributed by atoms with Crippen LogP contribution >= 0.6 is 0 Å². The lowest BCUT2D eigenvalue weighted by Crippen LogP contribution is -2.12. The molecule has 8 heteroatoms. The molecule has 0 saturated heterocycles. The van der Waals surface area contributed by atoms with E-state index in [4.69, 9.17) is 14.2 Å². The van der Waals surface area contributed by atoms with E-state index in [1.807, 2.05) is 18.2 Å². The van der Waals surface area contributed by atoms with E-state index < -0.39 is 0 Å². The Bertz CT molecular complexity index is 1220. The number of aromatic amines is 1. The molecule has 2 N–H and O–H groups in total. The summed E-state index contributed by atoms with van der Waals surface area (Å²) < 4.78 is 18.2. The van der Waals surface area contributed by atoms with E-state index in [-0.39, 0.29) is 5.91 Å². The molecule has 8 nitrogen and oxygen atoms in total. The van der Waals surface area contributed by atoms with Crippen LogP contribution in [0.1, 0.15) is 17.3 Å². The van der Waals surface area contributed by atoms with Gasteiger partial charge in [0.25, 0.3) is 5.91 Å². The van der Waals surface area contributed by atoms with E-state index in [9.17, 15) is 4.79 Å². The summed E-state index contributed by atoms with van der Waals surface area (Å²) in [6.45, 7) is 2.86. The summed E-state index contributed by atoms with van der Waals surface area (Å²) in [6.07, 6.45) is 0. The second-order valence-electron chi connectivity index (χ2n) is 6.89. The molecule has 0 aliphatic carbocycles. The minimum absolute atomic E-state index is 0.312. The van der Waals surface area contributed by atoms with Gasteiger partial charge >= 0.3 is 0 Å². The predicted molar refractivity (Wildman–Crippen MR) is 119 cm³/mol. The third-order valence-corrected chi connectivity index (χ3v) is 5.15. The predicted octanol–water partition coefficient (Wildman–Crippen LogP) is 4.33. The van der Waals surface area contributed by atoms with Crippen LogP contribution < -0.4 is 19.5 Å². The van der Waals surface area contributed by atoms with Crippen LogP contribution in [0.2, 0.25) is 0 Å². The average Bonchev–Trinajstić information content (AvgIpc) is 3.42. The second kappa shape index (κ2) is 8.43. The van der Waals surface area contributed by atoms with Crippen LogP contribution in [-0.2, 0) is 6.54 Å². The Labute approximate surface area is 179 Å². The van der Waals surface area contributed by atoms with E-state index in [0.29, 0.717) is 22.9 Å². The van der Waals surface area contributed by atoms with Crippen molar-refractivity contribution in [2.24, 2.45) is 0 Å². The SMILES string of the molecule is CCn1c(-c2cc(NC(=O)c3cc(OC)cc(OC)c3)n[nH]2)cc2c(OC)cccc21. The number of methoxy groups -OCH3 is 3. The topological polar surface area (TPSA) is 90.4 Å². The number of carbonyl (C=O) groups excluding carboxylic acids is 1. The first-order valence-corrected chi connectivity index (χ1v) is 9.84. The molecular formula is C23H24N4O4. The first kappa shape index (κ1) is 20.3. The number of nitrogens with zero attached hydrogens (tertiary/aromatic N) is 2. The Morgan fingerprint density at radius 2 is 1.77 bits per heavy atom. The highest BCUT2D eigenvalue weighted by Gasteiger charge is 2.16. The van der Waals surface area contributed by atoms with Gasteiger partial charge in [-0.1, -0.05) is 6.07 Å². The van der Waals surface area contributed by atoms with Gasteiger partial charge in [-0.3, -0.25) is 9.89 Å². The van der Waals surface area contributed by atoms with Gasteiger partial charge in [-0.15, -0.1) is 0 Å². The maximum Gasteiger partial charge on any atom is 0.257 e. The van der Waals surface area contributed by atoms with Gasteiger partial charge < -0.3 is 24.1 Å². The van der Waals surface area contributed by atoms with E-state index in [0.717, 1.165) is 34.6 Å². The number of H-pyrrole nitrogens is 1. The van der Waals surface area contributed by atoms with Crippen LogP contribution in [0.5, 0.6) is 17.2 Å². The van der Waals surface area contributed by atoms with Gasteiger partial charge in [-0.05, 0) is 37.3 Å². The third kappa shape index (κ3) is 3.79. The summed E-state index contributed by atoms with van der Waals surface area (Å²) in [5, 5.41) is 11.1. The second-order valence-corrected chi connectivity index (χ2v) is 6.89. The van der Waals surface area contributed by atoms with Crippen LogP contribution in [-0.4, -0.2) is 42.0 Å². The molecule has 0 fully saturated rings. The summed E-state index contributed by atoms with van der Waals surface area (Å²) in [4.78, 5) is 12.7. The van der Waals surface area contributed by atoms with Gasteiger partial charge in [0.2, 0.25) is 0 Å². The van der Waals surface area contributed by atoms with Gasteiger partial charge in [0.15, 0.2) is 5.82 Å². The summed E-state index contributed by atoms with van der Waals surface area (Å²) in [7, 11) is 4.74. The van der Waals surface area contributed by atoms with Crippen LogP contribution in [0.25, 0.3) is 22.3 Å². The summed E-state index contributed by atoms with van der Waals surface area (Å²) in [5.41, 5.74) is 3.23. The highest BCUT2D eigenvalue weighted by molar-refractivity contribution is 6.04. The van der Waals surface area contributed by atoms with Gasteiger partial charge in [-0.25, -0.2) is 0 Å².